The SMILES string of the molecule is Clc1cccc(C2=NCCN2)c1-c1cc2c(Br)cccc2o1. The summed E-state index contributed by atoms with van der Waals surface area (Å²) in [6.45, 7) is 1.64. The largest absolute Gasteiger partial charge is 0.456 e. The van der Waals surface area contributed by atoms with Crippen molar-refractivity contribution < 1.29 is 4.42 Å². The van der Waals surface area contributed by atoms with Crippen molar-refractivity contribution >= 4 is 44.3 Å². The Kier molecular flexibility index (Phi) is 3.43. The first kappa shape index (κ1) is 13.9. The minimum atomic E-state index is 0.657. The molecule has 110 valence electrons. The van der Waals surface area contributed by atoms with Gasteiger partial charge in [-0.25, -0.2) is 0 Å². The molecule has 3 nitrogen and oxygen atoms in total. The van der Waals surface area contributed by atoms with Gasteiger partial charge < -0.3 is 9.73 Å². The number of benzene rings is 2. The van der Waals surface area contributed by atoms with Crippen LogP contribution >= 0.6 is 27.5 Å². The summed E-state index contributed by atoms with van der Waals surface area (Å²) in [5.74, 6) is 1.62. The lowest BCUT2D eigenvalue weighted by molar-refractivity contribution is 0.631. The first-order valence-electron chi connectivity index (χ1n) is 6.99. The van der Waals surface area contributed by atoms with Gasteiger partial charge in [-0.05, 0) is 24.3 Å². The molecule has 4 rings (SSSR count). The molecule has 22 heavy (non-hydrogen) atoms. The second-order valence-electron chi connectivity index (χ2n) is 5.08. The molecule has 0 radical (unpaired) electrons. The Morgan fingerprint density at radius 1 is 1.18 bits per heavy atom. The van der Waals surface area contributed by atoms with Crippen molar-refractivity contribution in [2.45, 2.75) is 0 Å². The highest BCUT2D eigenvalue weighted by atomic mass is 79.9. The minimum Gasteiger partial charge on any atom is -0.456 e. The summed E-state index contributed by atoms with van der Waals surface area (Å²) in [6.07, 6.45) is 0. The maximum atomic E-state index is 6.46. The lowest BCUT2D eigenvalue weighted by atomic mass is 10.0. The van der Waals surface area contributed by atoms with E-state index in [0.29, 0.717) is 5.02 Å². The average Bonchev–Trinajstić information content (AvgIpc) is 3.17. The molecule has 5 heteroatoms. The average molecular weight is 376 g/mol. The topological polar surface area (TPSA) is 37.5 Å². The molecule has 1 aliphatic rings. The van der Waals surface area contributed by atoms with Crippen LogP contribution in [0, 0.1) is 0 Å². The number of furan rings is 1. The van der Waals surface area contributed by atoms with Crippen molar-refractivity contribution in [2.24, 2.45) is 4.99 Å². The number of amidine groups is 1. The summed E-state index contributed by atoms with van der Waals surface area (Å²) < 4.78 is 7.02. The molecule has 0 saturated carbocycles. The number of hydrogen-bond acceptors (Lipinski definition) is 3. The Hall–Kier alpha value is -1.78. The highest BCUT2D eigenvalue weighted by Crippen LogP contribution is 2.37. The summed E-state index contributed by atoms with van der Waals surface area (Å²) in [5.41, 5.74) is 2.68. The standard InChI is InChI=1S/C17H12BrClN2O/c18-12-4-2-6-14-11(12)9-15(22-14)16-10(3-1-5-13(16)19)17-20-7-8-21-17/h1-6,9H,7-8H2,(H,20,21). The van der Waals surface area contributed by atoms with E-state index in [1.165, 1.54) is 0 Å². The molecule has 0 spiro atoms. The number of halogens is 2. The second kappa shape index (κ2) is 5.45. The van der Waals surface area contributed by atoms with Gasteiger partial charge in [0.2, 0.25) is 0 Å². The molecule has 0 atom stereocenters. The van der Waals surface area contributed by atoms with Crippen LogP contribution in [0.15, 0.2) is 56.3 Å². The lowest BCUT2D eigenvalue weighted by Gasteiger charge is -2.09. The van der Waals surface area contributed by atoms with Crippen LogP contribution < -0.4 is 5.32 Å². The molecule has 0 fully saturated rings. The summed E-state index contributed by atoms with van der Waals surface area (Å²) >= 11 is 10.0. The van der Waals surface area contributed by atoms with Crippen molar-refractivity contribution in [3.05, 3.63) is 57.5 Å². The van der Waals surface area contributed by atoms with E-state index in [1.807, 2.05) is 42.5 Å². The Labute approximate surface area is 141 Å². The molecule has 2 aromatic carbocycles. The Morgan fingerprint density at radius 2 is 2.05 bits per heavy atom. The maximum Gasteiger partial charge on any atom is 0.137 e. The van der Waals surface area contributed by atoms with E-state index in [1.54, 1.807) is 0 Å². The molecular weight excluding hydrogens is 364 g/mol. The fraction of sp³-hybridized carbons (Fsp3) is 0.118. The first-order valence-corrected chi connectivity index (χ1v) is 8.17. The number of aliphatic imine (C=N–C) groups is 1. The van der Waals surface area contributed by atoms with Crippen molar-refractivity contribution in [3.63, 3.8) is 0 Å². The molecular formula is C17H12BrClN2O. The number of rotatable bonds is 2. The third-order valence-corrected chi connectivity index (χ3v) is 4.70. The molecule has 1 aliphatic heterocycles. The quantitative estimate of drug-likeness (QED) is 0.694. The fourth-order valence-electron chi connectivity index (χ4n) is 2.70. The minimum absolute atomic E-state index is 0.657. The van der Waals surface area contributed by atoms with Crippen LogP contribution in [0.5, 0.6) is 0 Å². The van der Waals surface area contributed by atoms with Crippen molar-refractivity contribution in [1.82, 2.24) is 5.32 Å². The van der Waals surface area contributed by atoms with Crippen molar-refractivity contribution in [2.75, 3.05) is 13.1 Å². The first-order chi connectivity index (χ1) is 10.7. The van der Waals surface area contributed by atoms with E-state index in [4.69, 9.17) is 16.0 Å². The van der Waals surface area contributed by atoms with E-state index in [2.05, 4.69) is 26.2 Å². The highest BCUT2D eigenvalue weighted by molar-refractivity contribution is 9.10. The van der Waals surface area contributed by atoms with Gasteiger partial charge in [-0.1, -0.05) is 45.7 Å². The van der Waals surface area contributed by atoms with Crippen LogP contribution in [0.4, 0.5) is 0 Å². The zero-order valence-electron chi connectivity index (χ0n) is 11.6. The molecule has 0 unspecified atom stereocenters. The van der Waals surface area contributed by atoms with Crippen LogP contribution in [0.3, 0.4) is 0 Å². The number of fused-ring (bicyclic) bond motifs is 1. The normalized spacial score (nSPS) is 14.2. The van der Waals surface area contributed by atoms with Gasteiger partial charge in [-0.3, -0.25) is 4.99 Å². The van der Waals surface area contributed by atoms with Crippen LogP contribution in [0.2, 0.25) is 5.02 Å². The third kappa shape index (κ3) is 2.23. The van der Waals surface area contributed by atoms with Gasteiger partial charge in [0.05, 0.1) is 11.6 Å². The van der Waals surface area contributed by atoms with E-state index >= 15 is 0 Å². The third-order valence-electron chi connectivity index (χ3n) is 3.70. The van der Waals surface area contributed by atoms with Gasteiger partial charge in [-0.15, -0.1) is 0 Å². The number of nitrogens with zero attached hydrogens (tertiary/aromatic N) is 1. The highest BCUT2D eigenvalue weighted by Gasteiger charge is 2.19. The smallest absolute Gasteiger partial charge is 0.137 e. The van der Waals surface area contributed by atoms with Crippen LogP contribution in [-0.2, 0) is 0 Å². The van der Waals surface area contributed by atoms with Gasteiger partial charge in [-0.2, -0.15) is 0 Å². The monoisotopic (exact) mass is 374 g/mol. The van der Waals surface area contributed by atoms with Crippen LogP contribution in [0.25, 0.3) is 22.3 Å². The molecule has 0 saturated heterocycles. The molecule has 1 aromatic heterocycles. The predicted octanol–water partition coefficient (Wildman–Crippen LogP) is 4.87. The number of hydrogen-bond donors (Lipinski definition) is 1. The summed E-state index contributed by atoms with van der Waals surface area (Å²) in [6, 6.07) is 13.7. The summed E-state index contributed by atoms with van der Waals surface area (Å²) in [7, 11) is 0. The predicted molar refractivity (Wildman–Crippen MR) is 93.8 cm³/mol. The molecule has 1 N–H and O–H groups in total. The van der Waals surface area contributed by atoms with E-state index in [9.17, 15) is 0 Å². The Bertz CT molecular complexity index is 901. The van der Waals surface area contributed by atoms with Gasteiger partial charge >= 0.3 is 0 Å². The molecule has 0 amide bonds. The molecule has 2 heterocycles. The van der Waals surface area contributed by atoms with Crippen LogP contribution in [-0.4, -0.2) is 18.9 Å². The lowest BCUT2D eigenvalue weighted by Crippen LogP contribution is -2.20. The second-order valence-corrected chi connectivity index (χ2v) is 6.34. The Balaban J connectivity index is 1.96. The van der Waals surface area contributed by atoms with Gasteiger partial charge in [0.15, 0.2) is 0 Å². The van der Waals surface area contributed by atoms with Gasteiger partial charge in [0.25, 0.3) is 0 Å². The number of nitrogens with one attached hydrogen (secondary N) is 1. The van der Waals surface area contributed by atoms with Crippen molar-refractivity contribution in [3.8, 4) is 11.3 Å². The fourth-order valence-corrected chi connectivity index (χ4v) is 3.43. The van der Waals surface area contributed by atoms with Gasteiger partial charge in [0.1, 0.15) is 17.2 Å². The van der Waals surface area contributed by atoms with Crippen LogP contribution in [0.1, 0.15) is 5.56 Å². The molecule has 0 aliphatic carbocycles. The molecule has 0 bridgehead atoms. The summed E-state index contributed by atoms with van der Waals surface area (Å²) in [4.78, 5) is 4.50. The molecule has 3 aromatic rings. The summed E-state index contributed by atoms with van der Waals surface area (Å²) in [5, 5.41) is 4.98. The zero-order valence-corrected chi connectivity index (χ0v) is 13.9. The van der Waals surface area contributed by atoms with E-state index in [-0.39, 0.29) is 0 Å². The maximum absolute atomic E-state index is 6.46. The van der Waals surface area contributed by atoms with Gasteiger partial charge in [0, 0.05) is 27.5 Å². The van der Waals surface area contributed by atoms with E-state index in [0.717, 1.165) is 51.3 Å². The zero-order chi connectivity index (χ0) is 15.1. The Morgan fingerprint density at radius 3 is 2.82 bits per heavy atom. The van der Waals surface area contributed by atoms with Crippen molar-refractivity contribution in [1.29, 1.82) is 0 Å². The van der Waals surface area contributed by atoms with E-state index < -0.39 is 0 Å².